The van der Waals surface area contributed by atoms with Crippen molar-refractivity contribution >= 4 is 23.2 Å². The number of rotatable bonds is 5. The maximum Gasteiger partial charge on any atom is 0.277 e. The predicted molar refractivity (Wildman–Crippen MR) is 111 cm³/mol. The number of hydrogen-bond acceptors (Lipinski definition) is 5. The molecule has 8 nitrogen and oxygen atoms in total. The second-order valence-corrected chi connectivity index (χ2v) is 7.01. The second-order valence-electron chi connectivity index (χ2n) is 7.01. The number of fused-ring (bicyclic) bond motifs is 1. The molecule has 1 aliphatic rings. The van der Waals surface area contributed by atoms with Crippen molar-refractivity contribution in [1.29, 1.82) is 5.26 Å². The standard InChI is InChI=1S/C22H18FN5O3/c1-14-12-27-20(22(30)28(14)17-5-7-18(8-6-17)31-13-23)19(11-25-27)21(29)26-16-4-2-3-15(9-16)10-24/h2-9,11,14H,12-13H2,1H3,(H,26,29)/t14-/m0/s1. The minimum absolute atomic E-state index is 0.140. The Kier molecular flexibility index (Phi) is 5.37. The van der Waals surface area contributed by atoms with E-state index in [0.29, 0.717) is 29.2 Å². The lowest BCUT2D eigenvalue weighted by Crippen LogP contribution is -2.47. The number of nitriles is 1. The van der Waals surface area contributed by atoms with Crippen molar-refractivity contribution in [3.63, 3.8) is 0 Å². The molecule has 9 heteroatoms. The third-order valence-corrected chi connectivity index (χ3v) is 4.97. The Balaban J connectivity index is 1.62. The van der Waals surface area contributed by atoms with Crippen LogP contribution in [0, 0.1) is 11.3 Å². The van der Waals surface area contributed by atoms with Gasteiger partial charge in [0.2, 0.25) is 6.86 Å². The highest BCUT2D eigenvalue weighted by molar-refractivity contribution is 6.15. The molecule has 0 bridgehead atoms. The number of nitrogens with one attached hydrogen (secondary N) is 1. The van der Waals surface area contributed by atoms with Crippen LogP contribution in [0.3, 0.4) is 0 Å². The van der Waals surface area contributed by atoms with Gasteiger partial charge in [0.05, 0.1) is 36.0 Å². The molecule has 1 aliphatic heterocycles. The highest BCUT2D eigenvalue weighted by Gasteiger charge is 2.35. The van der Waals surface area contributed by atoms with E-state index in [1.807, 2.05) is 13.0 Å². The summed E-state index contributed by atoms with van der Waals surface area (Å²) >= 11 is 0. The quantitative estimate of drug-likeness (QED) is 0.684. The molecule has 1 atom stereocenters. The van der Waals surface area contributed by atoms with Crippen LogP contribution in [0.15, 0.2) is 54.7 Å². The Labute approximate surface area is 177 Å². The highest BCUT2D eigenvalue weighted by Crippen LogP contribution is 2.28. The first-order chi connectivity index (χ1) is 15.0. The van der Waals surface area contributed by atoms with Gasteiger partial charge in [-0.25, -0.2) is 4.39 Å². The van der Waals surface area contributed by atoms with Crippen molar-refractivity contribution in [2.24, 2.45) is 0 Å². The van der Waals surface area contributed by atoms with Crippen molar-refractivity contribution in [3.8, 4) is 11.8 Å². The maximum absolute atomic E-state index is 13.3. The molecular weight excluding hydrogens is 401 g/mol. The van der Waals surface area contributed by atoms with Crippen LogP contribution in [0.2, 0.25) is 0 Å². The number of carbonyl (C=O) groups is 2. The average Bonchev–Trinajstić information content (AvgIpc) is 3.19. The molecule has 1 N–H and O–H groups in total. The van der Waals surface area contributed by atoms with Gasteiger partial charge in [-0.3, -0.25) is 14.3 Å². The Hall–Kier alpha value is -4.19. The van der Waals surface area contributed by atoms with E-state index in [4.69, 9.17) is 10.00 Å². The van der Waals surface area contributed by atoms with E-state index in [2.05, 4.69) is 10.4 Å². The van der Waals surface area contributed by atoms with E-state index in [1.54, 1.807) is 53.4 Å². The summed E-state index contributed by atoms with van der Waals surface area (Å²) in [5.74, 6) is -0.509. The fourth-order valence-corrected chi connectivity index (χ4v) is 3.56. The van der Waals surface area contributed by atoms with Crippen molar-refractivity contribution in [2.75, 3.05) is 17.1 Å². The van der Waals surface area contributed by atoms with Gasteiger partial charge >= 0.3 is 0 Å². The summed E-state index contributed by atoms with van der Waals surface area (Å²) in [4.78, 5) is 27.8. The summed E-state index contributed by atoms with van der Waals surface area (Å²) in [6, 6.07) is 14.8. The fourth-order valence-electron chi connectivity index (χ4n) is 3.56. The lowest BCUT2D eigenvalue weighted by molar-refractivity contribution is 0.0933. The normalized spacial score (nSPS) is 15.2. The molecule has 0 saturated carbocycles. The minimum atomic E-state index is -0.937. The van der Waals surface area contributed by atoms with Gasteiger partial charge in [0.15, 0.2) is 0 Å². The number of aromatic nitrogens is 2. The van der Waals surface area contributed by atoms with Gasteiger partial charge in [0, 0.05) is 11.4 Å². The topological polar surface area (TPSA) is 100 Å². The number of halogens is 1. The molecule has 156 valence electrons. The predicted octanol–water partition coefficient (Wildman–Crippen LogP) is 3.36. The molecule has 1 aromatic heterocycles. The van der Waals surface area contributed by atoms with Crippen LogP contribution in [-0.2, 0) is 6.54 Å². The van der Waals surface area contributed by atoms with E-state index in [-0.39, 0.29) is 23.2 Å². The summed E-state index contributed by atoms with van der Waals surface area (Å²) in [7, 11) is 0. The Morgan fingerprint density at radius 2 is 2.10 bits per heavy atom. The van der Waals surface area contributed by atoms with Gasteiger partial charge in [0.1, 0.15) is 11.4 Å². The monoisotopic (exact) mass is 419 g/mol. The van der Waals surface area contributed by atoms with Crippen molar-refractivity contribution in [2.45, 2.75) is 19.5 Å². The maximum atomic E-state index is 13.3. The van der Waals surface area contributed by atoms with Crippen LogP contribution in [0.1, 0.15) is 33.3 Å². The fraction of sp³-hybridized carbons (Fsp3) is 0.182. The zero-order chi connectivity index (χ0) is 22.0. The van der Waals surface area contributed by atoms with Gasteiger partial charge in [-0.1, -0.05) is 6.07 Å². The summed E-state index contributed by atoms with van der Waals surface area (Å²) in [5, 5.41) is 16.0. The first kappa shape index (κ1) is 20.1. The van der Waals surface area contributed by atoms with E-state index >= 15 is 0 Å². The SMILES string of the molecule is C[C@H]1Cn2ncc(C(=O)Nc3cccc(C#N)c3)c2C(=O)N1c1ccc(OCF)cc1. The van der Waals surface area contributed by atoms with E-state index in [1.165, 1.54) is 10.9 Å². The number of hydrogen-bond donors (Lipinski definition) is 1. The second kappa shape index (κ2) is 8.28. The summed E-state index contributed by atoms with van der Waals surface area (Å²) < 4.78 is 18.7. The number of ether oxygens (including phenoxy) is 1. The van der Waals surface area contributed by atoms with Crippen LogP contribution in [0.5, 0.6) is 5.75 Å². The Bertz CT molecular complexity index is 1180. The van der Waals surface area contributed by atoms with E-state index < -0.39 is 12.8 Å². The lowest BCUT2D eigenvalue weighted by Gasteiger charge is -2.34. The molecule has 0 radical (unpaired) electrons. The number of amides is 2. The summed E-state index contributed by atoms with van der Waals surface area (Å²) in [5.41, 5.74) is 1.77. The van der Waals surface area contributed by atoms with Crippen LogP contribution in [-0.4, -0.2) is 34.5 Å². The number of anilines is 2. The molecular formula is C22H18FN5O3. The zero-order valence-corrected chi connectivity index (χ0v) is 16.6. The molecule has 0 unspecified atom stereocenters. The zero-order valence-electron chi connectivity index (χ0n) is 16.6. The lowest BCUT2D eigenvalue weighted by atomic mass is 10.1. The molecule has 2 aromatic carbocycles. The van der Waals surface area contributed by atoms with Crippen molar-refractivity contribution in [3.05, 3.63) is 71.5 Å². The molecule has 0 aliphatic carbocycles. The third kappa shape index (κ3) is 3.83. The third-order valence-electron chi connectivity index (χ3n) is 4.97. The van der Waals surface area contributed by atoms with Crippen LogP contribution < -0.4 is 15.0 Å². The van der Waals surface area contributed by atoms with E-state index in [0.717, 1.165) is 0 Å². The largest absolute Gasteiger partial charge is 0.463 e. The summed E-state index contributed by atoms with van der Waals surface area (Å²) in [6.07, 6.45) is 1.37. The first-order valence-corrected chi connectivity index (χ1v) is 9.51. The van der Waals surface area contributed by atoms with Crippen LogP contribution in [0.4, 0.5) is 15.8 Å². The molecule has 3 aromatic rings. The van der Waals surface area contributed by atoms with Gasteiger partial charge in [-0.2, -0.15) is 10.4 Å². The van der Waals surface area contributed by atoms with Gasteiger partial charge in [-0.05, 0) is 49.4 Å². The number of carbonyl (C=O) groups excluding carboxylic acids is 2. The van der Waals surface area contributed by atoms with Crippen molar-refractivity contribution in [1.82, 2.24) is 9.78 Å². The number of benzene rings is 2. The molecule has 0 saturated heterocycles. The molecule has 0 spiro atoms. The van der Waals surface area contributed by atoms with Gasteiger partial charge in [0.25, 0.3) is 11.8 Å². The molecule has 2 heterocycles. The number of nitrogens with zero attached hydrogens (tertiary/aromatic N) is 4. The number of alkyl halides is 1. The first-order valence-electron chi connectivity index (χ1n) is 9.51. The molecule has 0 fully saturated rings. The van der Waals surface area contributed by atoms with Crippen LogP contribution in [0.25, 0.3) is 0 Å². The molecule has 31 heavy (non-hydrogen) atoms. The van der Waals surface area contributed by atoms with Crippen LogP contribution >= 0.6 is 0 Å². The van der Waals surface area contributed by atoms with Gasteiger partial charge < -0.3 is 15.0 Å². The Morgan fingerprint density at radius 3 is 2.81 bits per heavy atom. The smallest absolute Gasteiger partial charge is 0.277 e. The van der Waals surface area contributed by atoms with Gasteiger partial charge in [-0.15, -0.1) is 0 Å². The Morgan fingerprint density at radius 1 is 1.32 bits per heavy atom. The van der Waals surface area contributed by atoms with E-state index in [9.17, 15) is 14.0 Å². The molecule has 2 amide bonds. The average molecular weight is 419 g/mol. The molecule has 4 rings (SSSR count). The minimum Gasteiger partial charge on any atom is -0.463 e. The summed E-state index contributed by atoms with van der Waals surface area (Å²) in [6.45, 7) is 1.34. The highest BCUT2D eigenvalue weighted by atomic mass is 19.1. The van der Waals surface area contributed by atoms with Crippen molar-refractivity contribution < 1.29 is 18.7 Å².